The quantitative estimate of drug-likeness (QED) is 0.587. The molecule has 0 saturated carbocycles. The number of benzene rings is 2. The highest BCUT2D eigenvalue weighted by atomic mass is 15.4. The largest absolute Gasteiger partial charge is 0.263 e. The molecule has 0 aliphatic heterocycles. The lowest BCUT2D eigenvalue weighted by atomic mass is 10.2. The molecular formula is C16H13N5. The van der Waals surface area contributed by atoms with E-state index in [2.05, 4.69) is 25.7 Å². The van der Waals surface area contributed by atoms with Crippen LogP contribution in [0.2, 0.25) is 0 Å². The highest BCUT2D eigenvalue weighted by molar-refractivity contribution is 5.79. The number of anilines is 1. The Kier molecular flexibility index (Phi) is 3.93. The fourth-order valence-corrected chi connectivity index (χ4v) is 1.80. The first-order valence-corrected chi connectivity index (χ1v) is 6.51. The molecule has 0 radical (unpaired) electrons. The minimum absolute atomic E-state index is 0.364. The Balaban J connectivity index is 1.74. The van der Waals surface area contributed by atoms with Crippen LogP contribution in [-0.2, 0) is 0 Å². The van der Waals surface area contributed by atoms with Gasteiger partial charge in [-0.25, -0.2) is 10.4 Å². The maximum absolute atomic E-state index is 4.38. The van der Waals surface area contributed by atoms with Crippen molar-refractivity contribution in [1.29, 1.82) is 0 Å². The Morgan fingerprint density at radius 1 is 0.905 bits per heavy atom. The molecule has 3 rings (SSSR count). The van der Waals surface area contributed by atoms with E-state index in [9.17, 15) is 0 Å². The number of hydrazone groups is 1. The van der Waals surface area contributed by atoms with Gasteiger partial charge in [0.2, 0.25) is 0 Å². The number of hydrogen-bond donors (Lipinski definition) is 1. The summed E-state index contributed by atoms with van der Waals surface area (Å²) in [5, 5.41) is 12.0. The smallest absolute Gasteiger partial charge is 0.244 e. The van der Waals surface area contributed by atoms with Crippen LogP contribution in [0.15, 0.2) is 72.0 Å². The summed E-state index contributed by atoms with van der Waals surface area (Å²) in [4.78, 5) is 4.38. The maximum atomic E-state index is 4.38. The van der Waals surface area contributed by atoms with Crippen LogP contribution in [0.4, 0.5) is 5.95 Å². The summed E-state index contributed by atoms with van der Waals surface area (Å²) in [5.74, 6) is 0.364. The monoisotopic (exact) mass is 275 g/mol. The van der Waals surface area contributed by atoms with Gasteiger partial charge in [-0.3, -0.25) is 0 Å². The van der Waals surface area contributed by atoms with E-state index in [-0.39, 0.29) is 0 Å². The second-order valence-corrected chi connectivity index (χ2v) is 4.31. The first-order valence-electron chi connectivity index (χ1n) is 6.51. The van der Waals surface area contributed by atoms with Gasteiger partial charge in [-0.1, -0.05) is 60.7 Å². The van der Waals surface area contributed by atoms with Crippen LogP contribution in [0.25, 0.3) is 11.3 Å². The van der Waals surface area contributed by atoms with Crippen LogP contribution in [0.1, 0.15) is 5.56 Å². The molecule has 0 fully saturated rings. The highest BCUT2D eigenvalue weighted by Crippen LogP contribution is 2.15. The van der Waals surface area contributed by atoms with Gasteiger partial charge >= 0.3 is 0 Å². The van der Waals surface area contributed by atoms with Gasteiger partial charge in [-0.15, -0.1) is 5.10 Å². The lowest BCUT2D eigenvalue weighted by Gasteiger charge is -2.01. The van der Waals surface area contributed by atoms with Crippen molar-refractivity contribution < 1.29 is 0 Å². The van der Waals surface area contributed by atoms with E-state index in [1.807, 2.05) is 60.7 Å². The second-order valence-electron chi connectivity index (χ2n) is 4.31. The number of nitrogens with zero attached hydrogens (tertiary/aromatic N) is 4. The number of hydrogen-bond acceptors (Lipinski definition) is 5. The van der Waals surface area contributed by atoms with Crippen LogP contribution in [0, 0.1) is 0 Å². The van der Waals surface area contributed by atoms with Crippen LogP contribution < -0.4 is 5.43 Å². The molecule has 0 spiro atoms. The number of rotatable bonds is 4. The minimum atomic E-state index is 0.364. The van der Waals surface area contributed by atoms with E-state index < -0.39 is 0 Å². The molecule has 1 heterocycles. The van der Waals surface area contributed by atoms with Crippen molar-refractivity contribution in [2.45, 2.75) is 0 Å². The zero-order valence-electron chi connectivity index (χ0n) is 11.2. The Morgan fingerprint density at radius 3 is 2.38 bits per heavy atom. The zero-order valence-corrected chi connectivity index (χ0v) is 11.2. The molecule has 2 aromatic carbocycles. The van der Waals surface area contributed by atoms with Gasteiger partial charge < -0.3 is 0 Å². The highest BCUT2D eigenvalue weighted by Gasteiger charge is 2.01. The third-order valence-electron chi connectivity index (χ3n) is 2.81. The summed E-state index contributed by atoms with van der Waals surface area (Å²) in [7, 11) is 0. The molecule has 1 N–H and O–H groups in total. The molecule has 0 saturated heterocycles. The minimum Gasteiger partial charge on any atom is -0.244 e. The first-order chi connectivity index (χ1) is 10.4. The standard InChI is InChI=1S/C16H13N5/c1-3-7-13(8-4-1)11-17-20-16-19-15(12-18-21-16)14-9-5-2-6-10-14/h1-12H,(H,19,20,21). The summed E-state index contributed by atoms with van der Waals surface area (Å²) < 4.78 is 0. The molecule has 0 atom stereocenters. The van der Waals surface area contributed by atoms with Crippen LogP contribution in [0.5, 0.6) is 0 Å². The fourth-order valence-electron chi connectivity index (χ4n) is 1.80. The van der Waals surface area contributed by atoms with E-state index >= 15 is 0 Å². The zero-order chi connectivity index (χ0) is 14.3. The van der Waals surface area contributed by atoms with Gasteiger partial charge in [0.1, 0.15) is 0 Å². The molecule has 0 amide bonds. The van der Waals surface area contributed by atoms with E-state index in [1.54, 1.807) is 12.4 Å². The normalized spacial score (nSPS) is 10.7. The van der Waals surface area contributed by atoms with Gasteiger partial charge in [0.05, 0.1) is 18.1 Å². The third kappa shape index (κ3) is 3.48. The molecule has 102 valence electrons. The number of aromatic nitrogens is 3. The Labute approximate surface area is 122 Å². The van der Waals surface area contributed by atoms with Crippen molar-refractivity contribution in [2.75, 3.05) is 5.43 Å². The van der Waals surface area contributed by atoms with Crippen molar-refractivity contribution >= 4 is 12.2 Å². The van der Waals surface area contributed by atoms with E-state index in [0.717, 1.165) is 16.8 Å². The topological polar surface area (TPSA) is 63.1 Å². The van der Waals surface area contributed by atoms with Crippen LogP contribution in [0.3, 0.4) is 0 Å². The third-order valence-corrected chi connectivity index (χ3v) is 2.81. The molecule has 0 aliphatic carbocycles. The predicted octanol–water partition coefficient (Wildman–Crippen LogP) is 2.98. The maximum Gasteiger partial charge on any atom is 0.263 e. The SMILES string of the molecule is C(=NNc1nncc(-c2ccccc2)n1)c1ccccc1. The summed E-state index contributed by atoms with van der Waals surface area (Å²) in [6.45, 7) is 0. The molecule has 1 aromatic heterocycles. The second kappa shape index (κ2) is 6.38. The average molecular weight is 275 g/mol. The van der Waals surface area contributed by atoms with Gasteiger partial charge in [0.25, 0.3) is 5.95 Å². The Morgan fingerprint density at radius 2 is 1.62 bits per heavy atom. The predicted molar refractivity (Wildman–Crippen MR) is 82.9 cm³/mol. The molecule has 3 aromatic rings. The molecule has 5 nitrogen and oxygen atoms in total. The molecular weight excluding hydrogens is 262 g/mol. The lowest BCUT2D eigenvalue weighted by molar-refractivity contribution is 0.967. The van der Waals surface area contributed by atoms with Crippen LogP contribution >= 0.6 is 0 Å². The average Bonchev–Trinajstić information content (AvgIpc) is 2.57. The van der Waals surface area contributed by atoms with Crippen LogP contribution in [-0.4, -0.2) is 21.4 Å². The Hall–Kier alpha value is -3.08. The van der Waals surface area contributed by atoms with Crippen molar-refractivity contribution in [2.24, 2.45) is 5.10 Å². The van der Waals surface area contributed by atoms with Gasteiger partial charge in [0, 0.05) is 5.56 Å². The molecule has 5 heteroatoms. The van der Waals surface area contributed by atoms with Gasteiger partial charge in [-0.2, -0.15) is 10.2 Å². The van der Waals surface area contributed by atoms with Gasteiger partial charge in [0.15, 0.2) is 0 Å². The molecule has 0 bridgehead atoms. The van der Waals surface area contributed by atoms with E-state index in [1.165, 1.54) is 0 Å². The number of nitrogens with one attached hydrogen (secondary N) is 1. The van der Waals surface area contributed by atoms with Crippen molar-refractivity contribution in [3.05, 3.63) is 72.4 Å². The lowest BCUT2D eigenvalue weighted by Crippen LogP contribution is -1.99. The van der Waals surface area contributed by atoms with Crippen molar-refractivity contribution in [1.82, 2.24) is 15.2 Å². The van der Waals surface area contributed by atoms with Crippen molar-refractivity contribution in [3.8, 4) is 11.3 Å². The van der Waals surface area contributed by atoms with E-state index in [0.29, 0.717) is 5.95 Å². The fraction of sp³-hybridized carbons (Fsp3) is 0. The van der Waals surface area contributed by atoms with Crippen molar-refractivity contribution in [3.63, 3.8) is 0 Å². The summed E-state index contributed by atoms with van der Waals surface area (Å²) in [6.07, 6.45) is 3.33. The summed E-state index contributed by atoms with van der Waals surface area (Å²) >= 11 is 0. The molecule has 0 unspecified atom stereocenters. The first kappa shape index (κ1) is 12.9. The van der Waals surface area contributed by atoms with E-state index in [4.69, 9.17) is 0 Å². The summed E-state index contributed by atoms with van der Waals surface area (Å²) in [6, 6.07) is 19.6. The Bertz CT molecular complexity index is 726. The molecule has 0 aliphatic rings. The summed E-state index contributed by atoms with van der Waals surface area (Å²) in [5.41, 5.74) is 5.53. The molecule has 21 heavy (non-hydrogen) atoms. The van der Waals surface area contributed by atoms with Gasteiger partial charge in [-0.05, 0) is 5.56 Å².